The Labute approximate surface area is 100 Å². The summed E-state index contributed by atoms with van der Waals surface area (Å²) in [6.07, 6.45) is 1.31. The first-order chi connectivity index (χ1) is 8.59. The standard InChI is InChI=1S/C12H8F2N2O2/c13-8-3-1-4-9(14)12(8)10(17)7-16-11(18)5-2-6-15-16/h1-6H,7H2. The molecular weight excluding hydrogens is 242 g/mol. The fraction of sp³-hybridized carbons (Fsp3) is 0.0833. The van der Waals surface area contributed by atoms with Gasteiger partial charge < -0.3 is 0 Å². The molecule has 0 unspecified atom stereocenters. The van der Waals surface area contributed by atoms with Crippen LogP contribution in [0.25, 0.3) is 0 Å². The lowest BCUT2D eigenvalue weighted by Gasteiger charge is -2.05. The van der Waals surface area contributed by atoms with Crippen molar-refractivity contribution >= 4 is 5.78 Å². The molecule has 2 aromatic rings. The molecule has 0 radical (unpaired) electrons. The third-order valence-corrected chi connectivity index (χ3v) is 2.32. The number of rotatable bonds is 3. The van der Waals surface area contributed by atoms with E-state index in [1.165, 1.54) is 18.3 Å². The Morgan fingerprint density at radius 1 is 1.17 bits per heavy atom. The molecule has 0 atom stereocenters. The van der Waals surface area contributed by atoms with Crippen LogP contribution in [0.4, 0.5) is 8.78 Å². The van der Waals surface area contributed by atoms with Crippen molar-refractivity contribution in [1.82, 2.24) is 9.78 Å². The van der Waals surface area contributed by atoms with Gasteiger partial charge in [0.05, 0.1) is 5.56 Å². The topological polar surface area (TPSA) is 52.0 Å². The summed E-state index contributed by atoms with van der Waals surface area (Å²) in [6.45, 7) is -0.502. The van der Waals surface area contributed by atoms with Gasteiger partial charge in [0.15, 0.2) is 5.78 Å². The van der Waals surface area contributed by atoms with Crippen LogP contribution in [-0.2, 0) is 6.54 Å². The summed E-state index contributed by atoms with van der Waals surface area (Å²) < 4.78 is 27.5. The second-order valence-electron chi connectivity index (χ2n) is 3.54. The summed E-state index contributed by atoms with van der Waals surface area (Å²) in [6, 6.07) is 5.74. The molecule has 0 aliphatic carbocycles. The molecule has 0 aliphatic rings. The minimum Gasteiger partial charge on any atom is -0.292 e. The number of halogens is 2. The maximum Gasteiger partial charge on any atom is 0.267 e. The van der Waals surface area contributed by atoms with Gasteiger partial charge in [-0.1, -0.05) is 6.07 Å². The van der Waals surface area contributed by atoms with E-state index in [1.807, 2.05) is 0 Å². The maximum absolute atomic E-state index is 13.3. The van der Waals surface area contributed by atoms with Gasteiger partial charge in [-0.15, -0.1) is 0 Å². The molecule has 92 valence electrons. The molecule has 2 rings (SSSR count). The Hall–Kier alpha value is -2.37. The largest absolute Gasteiger partial charge is 0.292 e. The number of benzene rings is 1. The highest BCUT2D eigenvalue weighted by Gasteiger charge is 2.17. The fourth-order valence-corrected chi connectivity index (χ4v) is 1.49. The summed E-state index contributed by atoms with van der Waals surface area (Å²) in [7, 11) is 0. The van der Waals surface area contributed by atoms with Crippen molar-refractivity contribution in [1.29, 1.82) is 0 Å². The summed E-state index contributed by atoms with van der Waals surface area (Å²) in [4.78, 5) is 23.0. The molecule has 0 saturated heterocycles. The van der Waals surface area contributed by atoms with E-state index in [0.717, 1.165) is 22.9 Å². The van der Waals surface area contributed by atoms with Crippen LogP contribution in [0.2, 0.25) is 0 Å². The van der Waals surface area contributed by atoms with Gasteiger partial charge in [-0.05, 0) is 18.2 Å². The van der Waals surface area contributed by atoms with Gasteiger partial charge in [-0.3, -0.25) is 9.59 Å². The zero-order valence-corrected chi connectivity index (χ0v) is 9.14. The van der Waals surface area contributed by atoms with Crippen LogP contribution in [0.15, 0.2) is 41.3 Å². The highest BCUT2D eigenvalue weighted by atomic mass is 19.1. The first kappa shape index (κ1) is 12.1. The summed E-state index contributed by atoms with van der Waals surface area (Å²) in [5.74, 6) is -2.75. The van der Waals surface area contributed by atoms with E-state index in [0.29, 0.717) is 0 Å². The van der Waals surface area contributed by atoms with Crippen molar-refractivity contribution in [2.75, 3.05) is 0 Å². The lowest BCUT2D eigenvalue weighted by molar-refractivity contribution is 0.0957. The van der Waals surface area contributed by atoms with Crippen molar-refractivity contribution in [2.24, 2.45) is 0 Å². The van der Waals surface area contributed by atoms with E-state index >= 15 is 0 Å². The van der Waals surface area contributed by atoms with E-state index in [9.17, 15) is 18.4 Å². The molecule has 1 aromatic heterocycles. The normalized spacial score (nSPS) is 10.3. The van der Waals surface area contributed by atoms with Gasteiger partial charge in [-0.25, -0.2) is 13.5 Å². The Balaban J connectivity index is 2.34. The lowest BCUT2D eigenvalue weighted by Crippen LogP contribution is -2.26. The highest BCUT2D eigenvalue weighted by molar-refractivity contribution is 5.96. The van der Waals surface area contributed by atoms with Crippen molar-refractivity contribution in [2.45, 2.75) is 6.54 Å². The van der Waals surface area contributed by atoms with E-state index in [-0.39, 0.29) is 0 Å². The van der Waals surface area contributed by atoms with Crippen LogP contribution >= 0.6 is 0 Å². The third kappa shape index (κ3) is 2.32. The van der Waals surface area contributed by atoms with Crippen LogP contribution in [0.5, 0.6) is 0 Å². The molecule has 0 spiro atoms. The zero-order chi connectivity index (χ0) is 13.1. The Morgan fingerprint density at radius 3 is 2.44 bits per heavy atom. The molecule has 0 saturated carbocycles. The van der Waals surface area contributed by atoms with Gasteiger partial charge in [0.2, 0.25) is 0 Å². The quantitative estimate of drug-likeness (QED) is 0.774. The average Bonchev–Trinajstić information content (AvgIpc) is 2.32. The van der Waals surface area contributed by atoms with Crippen molar-refractivity contribution in [3.05, 3.63) is 64.1 Å². The molecule has 0 amide bonds. The highest BCUT2D eigenvalue weighted by Crippen LogP contribution is 2.13. The van der Waals surface area contributed by atoms with E-state index in [4.69, 9.17) is 0 Å². The zero-order valence-electron chi connectivity index (χ0n) is 9.14. The number of carbonyl (C=O) groups excluding carboxylic acids is 1. The molecule has 0 aliphatic heterocycles. The molecule has 1 aromatic carbocycles. The maximum atomic E-state index is 13.3. The van der Waals surface area contributed by atoms with Crippen LogP contribution in [-0.4, -0.2) is 15.6 Å². The average molecular weight is 250 g/mol. The van der Waals surface area contributed by atoms with Gasteiger partial charge in [0, 0.05) is 12.3 Å². The number of ketones is 1. The summed E-state index contributed by atoms with van der Waals surface area (Å²) in [5, 5.41) is 3.64. The monoisotopic (exact) mass is 250 g/mol. The molecule has 0 N–H and O–H groups in total. The lowest BCUT2D eigenvalue weighted by atomic mass is 10.1. The second kappa shape index (κ2) is 4.87. The Kier molecular flexibility index (Phi) is 3.27. The molecule has 1 heterocycles. The number of nitrogens with zero attached hydrogens (tertiary/aromatic N) is 2. The first-order valence-electron chi connectivity index (χ1n) is 5.09. The van der Waals surface area contributed by atoms with Gasteiger partial charge in [0.1, 0.15) is 18.2 Å². The molecular formula is C12H8F2N2O2. The molecule has 0 bridgehead atoms. The van der Waals surface area contributed by atoms with Crippen LogP contribution < -0.4 is 5.56 Å². The summed E-state index contributed by atoms with van der Waals surface area (Å²) in [5.41, 5.74) is -1.17. The van der Waals surface area contributed by atoms with Crippen molar-refractivity contribution < 1.29 is 13.6 Å². The minimum atomic E-state index is -0.955. The smallest absolute Gasteiger partial charge is 0.267 e. The number of carbonyl (C=O) groups is 1. The molecule has 6 heteroatoms. The SMILES string of the molecule is O=C(Cn1ncccc1=O)c1c(F)cccc1F. The van der Waals surface area contributed by atoms with Crippen LogP contribution in [0.3, 0.4) is 0 Å². The fourth-order valence-electron chi connectivity index (χ4n) is 1.49. The van der Waals surface area contributed by atoms with Gasteiger partial charge in [0.25, 0.3) is 5.56 Å². The summed E-state index contributed by atoms with van der Waals surface area (Å²) >= 11 is 0. The number of Topliss-reactive ketones (excluding diaryl/α,β-unsaturated/α-hetero) is 1. The third-order valence-electron chi connectivity index (χ3n) is 2.32. The van der Waals surface area contributed by atoms with Gasteiger partial charge >= 0.3 is 0 Å². The number of hydrogen-bond donors (Lipinski definition) is 0. The first-order valence-corrected chi connectivity index (χ1v) is 5.09. The second-order valence-corrected chi connectivity index (χ2v) is 3.54. The van der Waals surface area contributed by atoms with Gasteiger partial charge in [-0.2, -0.15) is 5.10 Å². The number of hydrogen-bond acceptors (Lipinski definition) is 3. The van der Waals surface area contributed by atoms with Crippen LogP contribution in [0.1, 0.15) is 10.4 Å². The van der Waals surface area contributed by atoms with E-state index in [1.54, 1.807) is 0 Å². The van der Waals surface area contributed by atoms with E-state index < -0.39 is 35.1 Å². The van der Waals surface area contributed by atoms with Crippen LogP contribution in [0, 0.1) is 11.6 Å². The predicted molar refractivity (Wildman–Crippen MR) is 59.2 cm³/mol. The van der Waals surface area contributed by atoms with Crippen molar-refractivity contribution in [3.8, 4) is 0 Å². The van der Waals surface area contributed by atoms with Crippen molar-refractivity contribution in [3.63, 3.8) is 0 Å². The predicted octanol–water partition coefficient (Wildman–Crippen LogP) is 1.40. The number of aromatic nitrogens is 2. The minimum absolute atomic E-state index is 0.502. The molecule has 4 nitrogen and oxygen atoms in total. The van der Waals surface area contributed by atoms with E-state index in [2.05, 4.69) is 5.10 Å². The Bertz CT molecular complexity index is 632. The molecule has 18 heavy (non-hydrogen) atoms. The molecule has 0 fully saturated rings. The Morgan fingerprint density at radius 2 is 1.83 bits per heavy atom.